The maximum absolute atomic E-state index is 14.5. The average Bonchev–Trinajstić information content (AvgIpc) is 2.68. The first-order valence-electron chi connectivity index (χ1n) is 8.48. The maximum Gasteiger partial charge on any atom is 0.254 e. The van der Waals surface area contributed by atoms with Crippen molar-refractivity contribution >= 4 is 29.0 Å². The van der Waals surface area contributed by atoms with E-state index in [0.29, 0.717) is 10.9 Å². The van der Waals surface area contributed by atoms with Gasteiger partial charge in [-0.1, -0.05) is 72.3 Å². The number of hydrogen-bond acceptors (Lipinski definition) is 2. The van der Waals surface area contributed by atoms with Crippen molar-refractivity contribution in [2.45, 2.75) is 6.92 Å². The molecule has 0 fully saturated rings. The Hall–Kier alpha value is -2.64. The van der Waals surface area contributed by atoms with Crippen LogP contribution < -0.4 is 15.9 Å². The van der Waals surface area contributed by atoms with Gasteiger partial charge in [0.1, 0.15) is 0 Å². The van der Waals surface area contributed by atoms with Gasteiger partial charge in [-0.3, -0.25) is 4.79 Å². The lowest BCUT2D eigenvalue weighted by Gasteiger charge is -2.24. The van der Waals surface area contributed by atoms with E-state index in [0.717, 1.165) is 16.2 Å². The molecule has 1 amide bonds. The number of hydrogen-bond donors (Lipinski definition) is 0. The molecule has 4 heteroatoms. The van der Waals surface area contributed by atoms with Crippen LogP contribution in [0, 0.1) is 6.92 Å². The summed E-state index contributed by atoms with van der Waals surface area (Å²) < 4.78 is 14.5. The second-order valence-electron chi connectivity index (χ2n) is 6.50. The van der Waals surface area contributed by atoms with Gasteiger partial charge in [0.25, 0.3) is 5.91 Å². The maximum atomic E-state index is 14.5. The molecule has 0 N–H and O–H groups in total. The first-order valence-corrected chi connectivity index (χ1v) is 10.2. The normalized spacial score (nSPS) is 11.2. The van der Waals surface area contributed by atoms with E-state index in [1.165, 1.54) is 4.90 Å². The van der Waals surface area contributed by atoms with Crippen LogP contribution in [-0.4, -0.2) is 24.9 Å². The Morgan fingerprint density at radius 3 is 1.77 bits per heavy atom. The summed E-state index contributed by atoms with van der Waals surface area (Å²) >= 11 is 0. The van der Waals surface area contributed by atoms with E-state index in [1.807, 2.05) is 79.7 Å². The minimum atomic E-state index is -3.18. The lowest BCUT2D eigenvalue weighted by molar-refractivity contribution is 0.0829. The first kappa shape index (κ1) is 18.2. The van der Waals surface area contributed by atoms with Crippen molar-refractivity contribution in [2.24, 2.45) is 0 Å². The van der Waals surface area contributed by atoms with Gasteiger partial charge < -0.3 is 9.46 Å². The summed E-state index contributed by atoms with van der Waals surface area (Å²) in [5, 5.41) is 2.04. The summed E-state index contributed by atoms with van der Waals surface area (Å²) in [6, 6.07) is 24.4. The quantitative estimate of drug-likeness (QED) is 0.667. The van der Waals surface area contributed by atoms with Gasteiger partial charge in [0.15, 0.2) is 7.14 Å². The zero-order chi connectivity index (χ0) is 18.7. The molecule has 3 rings (SSSR count). The van der Waals surface area contributed by atoms with Gasteiger partial charge in [-0.25, -0.2) is 0 Å². The zero-order valence-corrected chi connectivity index (χ0v) is 16.1. The molecule has 3 aromatic rings. The fraction of sp³-hybridized carbons (Fsp3) is 0.136. The van der Waals surface area contributed by atoms with E-state index in [1.54, 1.807) is 20.2 Å². The Morgan fingerprint density at radius 2 is 1.31 bits per heavy atom. The molecule has 3 nitrogen and oxygen atoms in total. The number of carbonyl (C=O) groups is 1. The van der Waals surface area contributed by atoms with Gasteiger partial charge in [0.05, 0.1) is 5.56 Å². The third kappa shape index (κ3) is 3.23. The summed E-state index contributed by atoms with van der Waals surface area (Å²) in [6.07, 6.45) is 0. The van der Waals surface area contributed by atoms with Crippen LogP contribution in [0.25, 0.3) is 0 Å². The molecule has 0 bridgehead atoms. The Balaban J connectivity index is 2.37. The number of carbonyl (C=O) groups excluding carboxylic acids is 1. The first-order chi connectivity index (χ1) is 12.4. The molecule has 0 spiro atoms. The Labute approximate surface area is 154 Å². The molecule has 0 atom stereocenters. The highest BCUT2D eigenvalue weighted by atomic mass is 31.2. The van der Waals surface area contributed by atoms with Crippen LogP contribution in [0.4, 0.5) is 0 Å². The van der Waals surface area contributed by atoms with Crippen LogP contribution in [0.1, 0.15) is 15.9 Å². The van der Waals surface area contributed by atoms with Crippen LogP contribution >= 0.6 is 7.14 Å². The molecule has 132 valence electrons. The largest absolute Gasteiger partial charge is 0.345 e. The Morgan fingerprint density at radius 1 is 0.808 bits per heavy atom. The molecule has 0 aliphatic heterocycles. The SMILES string of the molecule is Cc1ccc(C(=O)N(C)C)c(P(=O)(c2ccccc2)c2ccccc2)c1. The third-order valence-electron chi connectivity index (χ3n) is 4.37. The number of rotatable bonds is 4. The van der Waals surface area contributed by atoms with E-state index in [9.17, 15) is 9.36 Å². The fourth-order valence-corrected chi connectivity index (χ4v) is 5.96. The molecular weight excluding hydrogens is 341 g/mol. The summed E-state index contributed by atoms with van der Waals surface area (Å²) in [4.78, 5) is 14.3. The van der Waals surface area contributed by atoms with Crippen molar-refractivity contribution in [1.29, 1.82) is 0 Å². The van der Waals surface area contributed by atoms with Crippen molar-refractivity contribution in [3.63, 3.8) is 0 Å². The summed E-state index contributed by atoms with van der Waals surface area (Å²) in [5.74, 6) is -0.146. The average molecular weight is 363 g/mol. The molecular formula is C22H22NO2P. The van der Waals surface area contributed by atoms with Crippen LogP contribution in [0.5, 0.6) is 0 Å². The highest BCUT2D eigenvalue weighted by molar-refractivity contribution is 7.85. The minimum absolute atomic E-state index is 0.146. The highest BCUT2D eigenvalue weighted by Crippen LogP contribution is 2.43. The monoisotopic (exact) mass is 363 g/mol. The number of benzene rings is 3. The number of aryl methyl sites for hydroxylation is 1. The van der Waals surface area contributed by atoms with E-state index in [2.05, 4.69) is 0 Å². The van der Waals surface area contributed by atoms with E-state index >= 15 is 0 Å². The molecule has 0 heterocycles. The molecule has 0 saturated heterocycles. The molecule has 0 radical (unpaired) electrons. The third-order valence-corrected chi connectivity index (χ3v) is 7.47. The van der Waals surface area contributed by atoms with Gasteiger partial charge in [0.2, 0.25) is 0 Å². The highest BCUT2D eigenvalue weighted by Gasteiger charge is 2.33. The van der Waals surface area contributed by atoms with Crippen LogP contribution in [0.15, 0.2) is 78.9 Å². The Bertz CT molecular complexity index is 922. The second kappa shape index (κ2) is 7.31. The van der Waals surface area contributed by atoms with Crippen LogP contribution in [-0.2, 0) is 4.57 Å². The smallest absolute Gasteiger partial charge is 0.254 e. The molecule has 0 aromatic heterocycles. The molecule has 0 aliphatic carbocycles. The molecule has 0 unspecified atom stereocenters. The summed E-state index contributed by atoms with van der Waals surface area (Å²) in [5.41, 5.74) is 1.46. The van der Waals surface area contributed by atoms with E-state index < -0.39 is 7.14 Å². The number of nitrogens with zero attached hydrogens (tertiary/aromatic N) is 1. The van der Waals surface area contributed by atoms with Crippen molar-refractivity contribution < 1.29 is 9.36 Å². The standard InChI is InChI=1S/C22H22NO2P/c1-17-14-15-20(22(24)23(2)3)21(16-17)26(25,18-10-6-4-7-11-18)19-12-8-5-9-13-19/h4-16H,1-3H3. The molecule has 3 aromatic carbocycles. The van der Waals surface area contributed by atoms with Gasteiger partial charge in [-0.2, -0.15) is 0 Å². The van der Waals surface area contributed by atoms with Crippen LogP contribution in [0.2, 0.25) is 0 Å². The van der Waals surface area contributed by atoms with Crippen molar-refractivity contribution in [3.8, 4) is 0 Å². The number of amides is 1. The predicted octanol–water partition coefficient (Wildman–Crippen LogP) is 3.34. The van der Waals surface area contributed by atoms with E-state index in [4.69, 9.17) is 0 Å². The minimum Gasteiger partial charge on any atom is -0.345 e. The molecule has 0 saturated carbocycles. The summed E-state index contributed by atoms with van der Waals surface area (Å²) in [7, 11) is 0.238. The predicted molar refractivity (Wildman–Crippen MR) is 109 cm³/mol. The van der Waals surface area contributed by atoms with Crippen LogP contribution in [0.3, 0.4) is 0 Å². The molecule has 26 heavy (non-hydrogen) atoms. The van der Waals surface area contributed by atoms with Crippen molar-refractivity contribution in [1.82, 2.24) is 4.90 Å². The lowest BCUT2D eigenvalue weighted by Crippen LogP contribution is -2.33. The Kier molecular flexibility index (Phi) is 5.11. The van der Waals surface area contributed by atoms with Crippen molar-refractivity contribution in [3.05, 3.63) is 90.0 Å². The topological polar surface area (TPSA) is 37.4 Å². The second-order valence-corrected chi connectivity index (χ2v) is 9.23. The zero-order valence-electron chi connectivity index (χ0n) is 15.2. The van der Waals surface area contributed by atoms with Gasteiger partial charge in [-0.15, -0.1) is 0 Å². The van der Waals surface area contributed by atoms with E-state index in [-0.39, 0.29) is 5.91 Å². The van der Waals surface area contributed by atoms with Crippen molar-refractivity contribution in [2.75, 3.05) is 14.1 Å². The van der Waals surface area contributed by atoms with Gasteiger partial charge in [-0.05, 0) is 19.1 Å². The lowest BCUT2D eigenvalue weighted by atomic mass is 10.1. The summed E-state index contributed by atoms with van der Waals surface area (Å²) in [6.45, 7) is 1.95. The van der Waals surface area contributed by atoms with Gasteiger partial charge in [0, 0.05) is 30.0 Å². The van der Waals surface area contributed by atoms with Gasteiger partial charge >= 0.3 is 0 Å². The fourth-order valence-electron chi connectivity index (χ4n) is 3.03. The molecule has 0 aliphatic rings.